The van der Waals surface area contributed by atoms with Crippen molar-refractivity contribution in [3.05, 3.63) is 66.4 Å². The number of aromatic amines is 1. The zero-order chi connectivity index (χ0) is 18.2. The molecule has 0 atom stereocenters. The summed E-state index contributed by atoms with van der Waals surface area (Å²) < 4.78 is 0. The van der Waals surface area contributed by atoms with Gasteiger partial charge in [-0.05, 0) is 54.7 Å². The third-order valence-corrected chi connectivity index (χ3v) is 5.40. The Morgan fingerprint density at radius 3 is 2.48 bits per heavy atom. The highest BCUT2D eigenvalue weighted by Gasteiger charge is 2.23. The normalized spacial score (nSPS) is 14.2. The molecule has 0 radical (unpaired) electrons. The first-order valence-electron chi connectivity index (χ1n) is 9.56. The molecule has 4 aromatic rings. The predicted octanol–water partition coefficient (Wildman–Crippen LogP) is 5.20. The predicted molar refractivity (Wildman–Crippen MR) is 111 cm³/mol. The summed E-state index contributed by atoms with van der Waals surface area (Å²) in [6, 6.07) is 18.8. The average molecular weight is 354 g/mol. The lowest BCUT2D eigenvalue weighted by atomic mass is 9.96. The molecule has 0 amide bonds. The molecule has 0 spiro atoms. The fourth-order valence-corrected chi connectivity index (χ4v) is 4.02. The Labute approximate surface area is 158 Å². The van der Waals surface area contributed by atoms with Gasteiger partial charge in [0, 0.05) is 19.3 Å². The minimum atomic E-state index is 0.893. The highest BCUT2D eigenvalue weighted by atomic mass is 15.2. The van der Waals surface area contributed by atoms with Gasteiger partial charge in [0.1, 0.15) is 11.6 Å². The summed E-state index contributed by atoms with van der Waals surface area (Å²) >= 11 is 0. The quantitative estimate of drug-likeness (QED) is 0.550. The van der Waals surface area contributed by atoms with Crippen LogP contribution in [0.2, 0.25) is 0 Å². The van der Waals surface area contributed by atoms with E-state index in [1.54, 1.807) is 0 Å². The van der Waals surface area contributed by atoms with Gasteiger partial charge >= 0.3 is 0 Å². The number of rotatable bonds is 3. The van der Waals surface area contributed by atoms with Crippen LogP contribution in [0.5, 0.6) is 0 Å². The Bertz CT molecular complexity index is 1070. The smallest absolute Gasteiger partial charge is 0.142 e. The number of nitrogens with zero attached hydrogens (tertiary/aromatic N) is 3. The molecule has 2 aromatic carbocycles. The molecule has 3 heterocycles. The molecule has 0 unspecified atom stereocenters. The zero-order valence-corrected chi connectivity index (χ0v) is 15.4. The van der Waals surface area contributed by atoms with Crippen molar-refractivity contribution in [1.29, 1.82) is 0 Å². The molecule has 27 heavy (non-hydrogen) atoms. The SMILES string of the molecule is Cc1ccccc1-c1ccnc(N2CCCC2)c1-c1nc2ccccc2[nH]1. The van der Waals surface area contributed by atoms with Crippen LogP contribution in [0.1, 0.15) is 18.4 Å². The molecule has 134 valence electrons. The second-order valence-electron chi connectivity index (χ2n) is 7.17. The highest BCUT2D eigenvalue weighted by molar-refractivity contribution is 5.92. The van der Waals surface area contributed by atoms with Crippen molar-refractivity contribution in [2.75, 3.05) is 18.0 Å². The topological polar surface area (TPSA) is 44.8 Å². The van der Waals surface area contributed by atoms with Crippen LogP contribution in [-0.4, -0.2) is 28.0 Å². The van der Waals surface area contributed by atoms with Crippen LogP contribution >= 0.6 is 0 Å². The summed E-state index contributed by atoms with van der Waals surface area (Å²) in [7, 11) is 0. The maximum Gasteiger partial charge on any atom is 0.142 e. The van der Waals surface area contributed by atoms with Gasteiger partial charge in [0.2, 0.25) is 0 Å². The number of fused-ring (bicyclic) bond motifs is 1. The van der Waals surface area contributed by atoms with Gasteiger partial charge in [-0.25, -0.2) is 9.97 Å². The van der Waals surface area contributed by atoms with Crippen LogP contribution in [0.15, 0.2) is 60.8 Å². The summed E-state index contributed by atoms with van der Waals surface area (Å²) in [6.07, 6.45) is 4.37. The molecule has 1 saturated heterocycles. The number of pyridine rings is 1. The molecule has 1 fully saturated rings. The summed E-state index contributed by atoms with van der Waals surface area (Å²) in [4.78, 5) is 15.6. The minimum absolute atomic E-state index is 0.893. The van der Waals surface area contributed by atoms with Gasteiger partial charge in [-0.15, -0.1) is 0 Å². The minimum Gasteiger partial charge on any atom is -0.356 e. The number of aromatic nitrogens is 3. The maximum atomic E-state index is 4.91. The third kappa shape index (κ3) is 2.78. The number of hydrogen-bond donors (Lipinski definition) is 1. The van der Waals surface area contributed by atoms with E-state index < -0.39 is 0 Å². The Morgan fingerprint density at radius 2 is 1.67 bits per heavy atom. The third-order valence-electron chi connectivity index (χ3n) is 5.40. The van der Waals surface area contributed by atoms with Crippen LogP contribution in [0.3, 0.4) is 0 Å². The van der Waals surface area contributed by atoms with Crippen molar-refractivity contribution in [1.82, 2.24) is 15.0 Å². The van der Waals surface area contributed by atoms with E-state index in [9.17, 15) is 0 Å². The molecule has 5 rings (SSSR count). The van der Waals surface area contributed by atoms with Crippen LogP contribution in [0.4, 0.5) is 5.82 Å². The maximum absolute atomic E-state index is 4.91. The first-order valence-corrected chi connectivity index (χ1v) is 9.56. The van der Waals surface area contributed by atoms with Crippen molar-refractivity contribution in [3.8, 4) is 22.5 Å². The Kier molecular flexibility index (Phi) is 3.89. The number of anilines is 1. The molecule has 1 N–H and O–H groups in total. The molecule has 4 heteroatoms. The molecule has 0 aliphatic carbocycles. The first kappa shape index (κ1) is 16.1. The van der Waals surface area contributed by atoms with Gasteiger partial charge in [0.15, 0.2) is 0 Å². The van der Waals surface area contributed by atoms with Gasteiger partial charge in [-0.1, -0.05) is 36.4 Å². The van der Waals surface area contributed by atoms with Gasteiger partial charge in [-0.3, -0.25) is 0 Å². The van der Waals surface area contributed by atoms with Crippen LogP contribution in [0, 0.1) is 6.92 Å². The number of benzene rings is 2. The molecule has 1 aliphatic heterocycles. The summed E-state index contributed by atoms with van der Waals surface area (Å²) in [5, 5.41) is 0. The average Bonchev–Trinajstić information content (AvgIpc) is 3.37. The largest absolute Gasteiger partial charge is 0.356 e. The van der Waals surface area contributed by atoms with Crippen LogP contribution in [-0.2, 0) is 0 Å². The Hall–Kier alpha value is -3.14. The lowest BCUT2D eigenvalue weighted by molar-refractivity contribution is 0.938. The summed E-state index contributed by atoms with van der Waals surface area (Å²) in [5.41, 5.74) is 6.82. The number of imidazole rings is 1. The molecular weight excluding hydrogens is 332 g/mol. The Morgan fingerprint density at radius 1 is 0.889 bits per heavy atom. The molecule has 4 nitrogen and oxygen atoms in total. The standard InChI is InChI=1S/C23H22N4/c1-16-8-2-3-9-17(16)18-12-13-24-23(27-14-6-7-15-27)21(18)22-25-19-10-4-5-11-20(19)26-22/h2-5,8-13H,6-7,14-15H2,1H3,(H,25,26). The summed E-state index contributed by atoms with van der Waals surface area (Å²) in [6.45, 7) is 4.27. The lowest BCUT2D eigenvalue weighted by Gasteiger charge is -2.22. The monoisotopic (exact) mass is 354 g/mol. The van der Waals surface area contributed by atoms with Crippen molar-refractivity contribution in [2.24, 2.45) is 0 Å². The van der Waals surface area contributed by atoms with E-state index in [0.29, 0.717) is 0 Å². The number of para-hydroxylation sites is 2. The fourth-order valence-electron chi connectivity index (χ4n) is 4.02. The van der Waals surface area contributed by atoms with Crippen LogP contribution in [0.25, 0.3) is 33.5 Å². The van der Waals surface area contributed by atoms with Gasteiger partial charge < -0.3 is 9.88 Å². The van der Waals surface area contributed by atoms with E-state index in [4.69, 9.17) is 9.97 Å². The number of hydrogen-bond acceptors (Lipinski definition) is 3. The molecule has 1 aliphatic rings. The van der Waals surface area contributed by atoms with Crippen molar-refractivity contribution in [2.45, 2.75) is 19.8 Å². The summed E-state index contributed by atoms with van der Waals surface area (Å²) in [5.74, 6) is 1.93. The Balaban J connectivity index is 1.79. The molecule has 2 aromatic heterocycles. The van der Waals surface area contributed by atoms with Crippen molar-refractivity contribution >= 4 is 16.9 Å². The first-order chi connectivity index (χ1) is 13.3. The molecule has 0 bridgehead atoms. The second kappa shape index (κ2) is 6.54. The number of H-pyrrole nitrogens is 1. The second-order valence-corrected chi connectivity index (χ2v) is 7.17. The highest BCUT2D eigenvalue weighted by Crippen LogP contribution is 2.39. The van der Waals surface area contributed by atoms with Crippen molar-refractivity contribution in [3.63, 3.8) is 0 Å². The zero-order valence-electron chi connectivity index (χ0n) is 15.4. The lowest BCUT2D eigenvalue weighted by Crippen LogP contribution is -2.20. The van der Waals surface area contributed by atoms with E-state index in [2.05, 4.69) is 59.3 Å². The van der Waals surface area contributed by atoms with Gasteiger partial charge in [0.05, 0.1) is 16.6 Å². The van der Waals surface area contributed by atoms with Crippen molar-refractivity contribution < 1.29 is 0 Å². The fraction of sp³-hybridized carbons (Fsp3) is 0.217. The van der Waals surface area contributed by atoms with E-state index in [1.165, 1.54) is 29.5 Å². The number of aryl methyl sites for hydroxylation is 1. The van der Waals surface area contributed by atoms with Gasteiger partial charge in [-0.2, -0.15) is 0 Å². The van der Waals surface area contributed by atoms with E-state index in [0.717, 1.165) is 41.3 Å². The van der Waals surface area contributed by atoms with E-state index in [1.807, 2.05) is 18.3 Å². The van der Waals surface area contributed by atoms with Gasteiger partial charge in [0.25, 0.3) is 0 Å². The molecule has 0 saturated carbocycles. The number of nitrogens with one attached hydrogen (secondary N) is 1. The molecular formula is C23H22N4. The van der Waals surface area contributed by atoms with E-state index in [-0.39, 0.29) is 0 Å². The van der Waals surface area contributed by atoms with E-state index >= 15 is 0 Å². The van der Waals surface area contributed by atoms with Crippen LogP contribution < -0.4 is 4.90 Å².